The Morgan fingerprint density at radius 3 is 2.96 bits per heavy atom. The Labute approximate surface area is 150 Å². The van der Waals surface area contributed by atoms with Gasteiger partial charge in [-0.3, -0.25) is 4.79 Å². The van der Waals surface area contributed by atoms with Crippen molar-refractivity contribution in [2.75, 3.05) is 20.2 Å². The van der Waals surface area contributed by atoms with Crippen LogP contribution in [-0.4, -0.2) is 32.1 Å². The molecule has 1 aromatic carbocycles. The third-order valence-electron chi connectivity index (χ3n) is 6.75. The number of rotatable bonds is 6. The summed E-state index contributed by atoms with van der Waals surface area (Å²) in [7, 11) is 1.70. The lowest BCUT2D eigenvalue weighted by Gasteiger charge is -2.37. The van der Waals surface area contributed by atoms with Crippen molar-refractivity contribution in [2.24, 2.45) is 17.3 Å². The minimum absolute atomic E-state index is 0.214. The largest absolute Gasteiger partial charge is 0.497 e. The van der Waals surface area contributed by atoms with E-state index in [1.165, 1.54) is 37.7 Å². The molecule has 3 fully saturated rings. The van der Waals surface area contributed by atoms with E-state index >= 15 is 0 Å². The molecule has 25 heavy (non-hydrogen) atoms. The first-order valence-electron chi connectivity index (χ1n) is 9.84. The molecule has 0 radical (unpaired) electrons. The predicted octanol–water partition coefficient (Wildman–Crippen LogP) is 2.91. The summed E-state index contributed by atoms with van der Waals surface area (Å²) in [6.45, 7) is 1.86. The molecule has 4 rings (SSSR count). The van der Waals surface area contributed by atoms with Crippen LogP contribution in [0.4, 0.5) is 0 Å². The summed E-state index contributed by atoms with van der Waals surface area (Å²) in [5, 5.41) is 6.79. The van der Waals surface area contributed by atoms with E-state index < -0.39 is 0 Å². The summed E-state index contributed by atoms with van der Waals surface area (Å²) >= 11 is 0. The van der Waals surface area contributed by atoms with E-state index in [2.05, 4.69) is 22.8 Å². The molecule has 1 aromatic rings. The number of carbonyl (C=O) groups is 1. The highest BCUT2D eigenvalue weighted by molar-refractivity contribution is 5.84. The predicted molar refractivity (Wildman–Crippen MR) is 98.6 cm³/mol. The van der Waals surface area contributed by atoms with Gasteiger partial charge in [-0.2, -0.15) is 0 Å². The Bertz CT molecular complexity index is 626. The van der Waals surface area contributed by atoms with Crippen LogP contribution in [0.2, 0.25) is 0 Å². The van der Waals surface area contributed by atoms with Crippen LogP contribution in [0.5, 0.6) is 5.75 Å². The number of ether oxygens (including phenoxy) is 1. The van der Waals surface area contributed by atoms with Crippen molar-refractivity contribution in [3.63, 3.8) is 0 Å². The molecule has 4 unspecified atom stereocenters. The van der Waals surface area contributed by atoms with Crippen LogP contribution in [-0.2, 0) is 11.2 Å². The quantitative estimate of drug-likeness (QED) is 0.836. The Hall–Kier alpha value is -1.55. The fraction of sp³-hybridized carbons (Fsp3) is 0.667. The fourth-order valence-electron chi connectivity index (χ4n) is 5.49. The molecule has 3 aliphatic rings. The molecule has 4 atom stereocenters. The van der Waals surface area contributed by atoms with Gasteiger partial charge < -0.3 is 15.4 Å². The Balaban J connectivity index is 1.51. The van der Waals surface area contributed by atoms with Gasteiger partial charge in [0, 0.05) is 12.6 Å². The highest BCUT2D eigenvalue weighted by Crippen LogP contribution is 2.57. The first-order valence-corrected chi connectivity index (χ1v) is 9.84. The number of carbonyl (C=O) groups excluding carboxylic acids is 1. The molecule has 0 spiro atoms. The number of nitrogens with one attached hydrogen (secondary N) is 2. The highest BCUT2D eigenvalue weighted by atomic mass is 16.5. The standard InChI is InChI=1S/C21H30N2O2/c1-25-19-6-2-4-15(11-19)12-21(13-16-7-8-17(21)10-16)20(24)23-14-18-5-3-9-22-18/h2,4,6,11,16-18,22H,3,5,7-10,12-14H2,1H3,(H,23,24). The zero-order chi connectivity index (χ0) is 17.3. The van der Waals surface area contributed by atoms with Gasteiger partial charge in [-0.05, 0) is 74.6 Å². The SMILES string of the molecule is COc1cccc(CC2(C(=O)NCC3CCCN3)CC3CCC2C3)c1. The van der Waals surface area contributed by atoms with Gasteiger partial charge in [0.05, 0.1) is 12.5 Å². The van der Waals surface area contributed by atoms with Gasteiger partial charge in [-0.1, -0.05) is 18.6 Å². The lowest BCUT2D eigenvalue weighted by atomic mass is 9.68. The number of benzene rings is 1. The maximum atomic E-state index is 13.3. The van der Waals surface area contributed by atoms with Crippen molar-refractivity contribution in [3.8, 4) is 5.75 Å². The molecule has 1 aliphatic heterocycles. The topological polar surface area (TPSA) is 50.4 Å². The van der Waals surface area contributed by atoms with Crippen molar-refractivity contribution in [2.45, 2.75) is 51.0 Å². The van der Waals surface area contributed by atoms with Gasteiger partial charge in [0.1, 0.15) is 5.75 Å². The summed E-state index contributed by atoms with van der Waals surface area (Å²) in [4.78, 5) is 13.3. The minimum atomic E-state index is -0.214. The fourth-order valence-corrected chi connectivity index (χ4v) is 5.49. The average molecular weight is 342 g/mol. The van der Waals surface area contributed by atoms with Crippen molar-refractivity contribution < 1.29 is 9.53 Å². The van der Waals surface area contributed by atoms with Gasteiger partial charge in [-0.15, -0.1) is 0 Å². The lowest BCUT2D eigenvalue weighted by molar-refractivity contribution is -0.134. The Morgan fingerprint density at radius 1 is 1.36 bits per heavy atom. The smallest absolute Gasteiger partial charge is 0.226 e. The van der Waals surface area contributed by atoms with Crippen LogP contribution in [0.25, 0.3) is 0 Å². The molecular weight excluding hydrogens is 312 g/mol. The maximum absolute atomic E-state index is 13.3. The molecule has 136 valence electrons. The van der Waals surface area contributed by atoms with Gasteiger partial charge in [-0.25, -0.2) is 0 Å². The summed E-state index contributed by atoms with van der Waals surface area (Å²) in [5.41, 5.74) is 1.01. The molecular formula is C21H30N2O2. The summed E-state index contributed by atoms with van der Waals surface area (Å²) in [6.07, 6.45) is 8.05. The zero-order valence-electron chi connectivity index (χ0n) is 15.2. The molecule has 4 heteroatoms. The first-order chi connectivity index (χ1) is 12.2. The van der Waals surface area contributed by atoms with Crippen LogP contribution < -0.4 is 15.4 Å². The third kappa shape index (κ3) is 3.29. The monoisotopic (exact) mass is 342 g/mol. The van der Waals surface area contributed by atoms with E-state index in [4.69, 9.17) is 4.74 Å². The second-order valence-corrected chi connectivity index (χ2v) is 8.27. The van der Waals surface area contributed by atoms with Crippen LogP contribution in [0.1, 0.15) is 44.1 Å². The molecule has 2 saturated carbocycles. The summed E-state index contributed by atoms with van der Waals surface area (Å²) < 4.78 is 5.38. The van der Waals surface area contributed by atoms with E-state index in [0.717, 1.165) is 37.6 Å². The Morgan fingerprint density at radius 2 is 2.28 bits per heavy atom. The lowest BCUT2D eigenvalue weighted by Crippen LogP contribution is -2.49. The molecule has 2 N–H and O–H groups in total. The van der Waals surface area contributed by atoms with E-state index in [-0.39, 0.29) is 11.3 Å². The third-order valence-corrected chi connectivity index (χ3v) is 6.75. The number of hydrogen-bond donors (Lipinski definition) is 2. The van der Waals surface area contributed by atoms with Gasteiger partial charge in [0.2, 0.25) is 5.91 Å². The van der Waals surface area contributed by atoms with Crippen molar-refractivity contribution >= 4 is 5.91 Å². The second kappa shape index (κ2) is 6.99. The first kappa shape index (κ1) is 16.9. The summed E-state index contributed by atoms with van der Waals surface area (Å²) in [5.74, 6) is 2.45. The van der Waals surface area contributed by atoms with E-state index in [1.54, 1.807) is 7.11 Å². The van der Waals surface area contributed by atoms with E-state index in [1.807, 2.05) is 12.1 Å². The molecule has 4 nitrogen and oxygen atoms in total. The van der Waals surface area contributed by atoms with Crippen LogP contribution in [0.15, 0.2) is 24.3 Å². The van der Waals surface area contributed by atoms with Crippen LogP contribution >= 0.6 is 0 Å². The highest BCUT2D eigenvalue weighted by Gasteiger charge is 2.55. The number of methoxy groups -OCH3 is 1. The molecule has 1 amide bonds. The molecule has 2 aliphatic carbocycles. The summed E-state index contributed by atoms with van der Waals surface area (Å²) in [6, 6.07) is 8.70. The van der Waals surface area contributed by atoms with Gasteiger partial charge >= 0.3 is 0 Å². The van der Waals surface area contributed by atoms with E-state index in [0.29, 0.717) is 12.0 Å². The average Bonchev–Trinajstić information content (AvgIpc) is 3.37. The molecule has 1 saturated heterocycles. The zero-order valence-corrected chi connectivity index (χ0v) is 15.2. The Kier molecular flexibility index (Phi) is 4.72. The van der Waals surface area contributed by atoms with Crippen LogP contribution in [0, 0.1) is 17.3 Å². The normalized spacial score (nSPS) is 33.6. The molecule has 0 aromatic heterocycles. The van der Waals surface area contributed by atoms with Gasteiger partial charge in [0.25, 0.3) is 0 Å². The number of hydrogen-bond acceptors (Lipinski definition) is 3. The van der Waals surface area contributed by atoms with Gasteiger partial charge in [0.15, 0.2) is 0 Å². The van der Waals surface area contributed by atoms with Crippen LogP contribution in [0.3, 0.4) is 0 Å². The van der Waals surface area contributed by atoms with Crippen molar-refractivity contribution in [1.82, 2.24) is 10.6 Å². The van der Waals surface area contributed by atoms with Crippen molar-refractivity contribution in [1.29, 1.82) is 0 Å². The number of fused-ring (bicyclic) bond motifs is 2. The molecule has 1 heterocycles. The second-order valence-electron chi connectivity index (χ2n) is 8.27. The number of amides is 1. The van der Waals surface area contributed by atoms with Crippen molar-refractivity contribution in [3.05, 3.63) is 29.8 Å². The maximum Gasteiger partial charge on any atom is 0.226 e. The minimum Gasteiger partial charge on any atom is -0.497 e. The molecule has 2 bridgehead atoms. The van der Waals surface area contributed by atoms with E-state index in [9.17, 15) is 4.79 Å².